The molecule has 9 nitrogen and oxygen atoms in total. The standard InChI is InChI=1S/C14H21N7O2S/c1-19-13(12-3-6-15-16-12)17-18-14(19)20-8-4-11(5-9-20)21-7-2-10-24(21,22)23/h3,6,11H,2,4-5,7-10H2,1H3,(H,15,16). The molecule has 4 rings (SSSR count). The summed E-state index contributed by atoms with van der Waals surface area (Å²) >= 11 is 0. The largest absolute Gasteiger partial charge is 0.341 e. The quantitative estimate of drug-likeness (QED) is 0.848. The second kappa shape index (κ2) is 5.85. The van der Waals surface area contributed by atoms with E-state index >= 15 is 0 Å². The zero-order valence-electron chi connectivity index (χ0n) is 13.6. The van der Waals surface area contributed by atoms with E-state index in [1.54, 1.807) is 10.5 Å². The zero-order valence-corrected chi connectivity index (χ0v) is 14.4. The topological polar surface area (TPSA) is 100 Å². The summed E-state index contributed by atoms with van der Waals surface area (Å²) in [6.07, 6.45) is 4.09. The third-order valence-corrected chi connectivity index (χ3v) is 6.89. The van der Waals surface area contributed by atoms with Gasteiger partial charge in [0.2, 0.25) is 16.0 Å². The number of sulfonamides is 1. The zero-order chi connectivity index (χ0) is 16.7. The van der Waals surface area contributed by atoms with E-state index in [1.807, 2.05) is 17.7 Å². The fourth-order valence-electron chi connectivity index (χ4n) is 3.63. The number of anilines is 1. The van der Waals surface area contributed by atoms with Gasteiger partial charge < -0.3 is 4.90 Å². The molecule has 0 atom stereocenters. The molecule has 2 aromatic heterocycles. The fourth-order valence-corrected chi connectivity index (χ4v) is 5.43. The molecule has 2 aliphatic heterocycles. The Hall–Kier alpha value is -1.94. The number of nitrogens with zero attached hydrogens (tertiary/aromatic N) is 6. The molecule has 2 aromatic rings. The fraction of sp³-hybridized carbons (Fsp3) is 0.643. The number of rotatable bonds is 3. The van der Waals surface area contributed by atoms with E-state index in [0.717, 1.165) is 49.8 Å². The van der Waals surface area contributed by atoms with Gasteiger partial charge in [0.1, 0.15) is 5.69 Å². The second-order valence-corrected chi connectivity index (χ2v) is 8.39. The molecule has 0 unspecified atom stereocenters. The molecule has 2 aliphatic rings. The molecular weight excluding hydrogens is 330 g/mol. The molecule has 0 saturated carbocycles. The minimum absolute atomic E-state index is 0.119. The van der Waals surface area contributed by atoms with Gasteiger partial charge in [0.05, 0.1) is 5.75 Å². The van der Waals surface area contributed by atoms with Crippen molar-refractivity contribution in [1.29, 1.82) is 0 Å². The predicted molar refractivity (Wildman–Crippen MR) is 88.9 cm³/mol. The molecular formula is C14H21N7O2S. The maximum Gasteiger partial charge on any atom is 0.227 e. The molecule has 0 spiro atoms. The van der Waals surface area contributed by atoms with Crippen molar-refractivity contribution in [3.8, 4) is 11.5 Å². The van der Waals surface area contributed by atoms with Crippen molar-refractivity contribution in [2.24, 2.45) is 7.05 Å². The second-order valence-electron chi connectivity index (χ2n) is 6.35. The lowest BCUT2D eigenvalue weighted by Gasteiger charge is -2.36. The van der Waals surface area contributed by atoms with Crippen molar-refractivity contribution in [1.82, 2.24) is 29.3 Å². The van der Waals surface area contributed by atoms with Gasteiger partial charge in [-0.25, -0.2) is 8.42 Å². The lowest BCUT2D eigenvalue weighted by Crippen LogP contribution is -2.46. The first-order chi connectivity index (χ1) is 11.6. The minimum atomic E-state index is -3.03. The van der Waals surface area contributed by atoms with Crippen LogP contribution in [0.3, 0.4) is 0 Å². The molecule has 0 aliphatic carbocycles. The van der Waals surface area contributed by atoms with Crippen molar-refractivity contribution >= 4 is 16.0 Å². The highest BCUT2D eigenvalue weighted by atomic mass is 32.2. The smallest absolute Gasteiger partial charge is 0.227 e. The Balaban J connectivity index is 1.47. The van der Waals surface area contributed by atoms with Gasteiger partial charge in [-0.1, -0.05) is 0 Å². The number of hydrogen-bond donors (Lipinski definition) is 1. The minimum Gasteiger partial charge on any atom is -0.341 e. The van der Waals surface area contributed by atoms with Crippen LogP contribution >= 0.6 is 0 Å². The average molecular weight is 351 g/mol. The summed E-state index contributed by atoms with van der Waals surface area (Å²) in [6, 6.07) is 1.98. The third-order valence-electron chi connectivity index (χ3n) is 4.89. The summed E-state index contributed by atoms with van der Waals surface area (Å²) in [4.78, 5) is 2.17. The van der Waals surface area contributed by atoms with E-state index in [2.05, 4.69) is 25.3 Å². The van der Waals surface area contributed by atoms with Crippen LogP contribution in [0.5, 0.6) is 0 Å². The van der Waals surface area contributed by atoms with Crippen LogP contribution in [0.2, 0.25) is 0 Å². The number of piperidine rings is 1. The molecule has 1 N–H and O–H groups in total. The van der Waals surface area contributed by atoms with Gasteiger partial charge in [0.15, 0.2) is 5.82 Å². The number of H-pyrrole nitrogens is 1. The van der Waals surface area contributed by atoms with Gasteiger partial charge in [-0.15, -0.1) is 10.2 Å². The van der Waals surface area contributed by atoms with Crippen molar-refractivity contribution in [3.63, 3.8) is 0 Å². The third kappa shape index (κ3) is 2.59. The highest BCUT2D eigenvalue weighted by Gasteiger charge is 2.36. The Morgan fingerprint density at radius 2 is 2.00 bits per heavy atom. The summed E-state index contributed by atoms with van der Waals surface area (Å²) in [7, 11) is -1.10. The molecule has 2 fully saturated rings. The lowest BCUT2D eigenvalue weighted by molar-refractivity contribution is 0.289. The van der Waals surface area contributed by atoms with E-state index < -0.39 is 10.0 Å². The van der Waals surface area contributed by atoms with Crippen molar-refractivity contribution in [2.45, 2.75) is 25.3 Å². The van der Waals surface area contributed by atoms with Crippen molar-refractivity contribution in [2.75, 3.05) is 30.3 Å². The van der Waals surface area contributed by atoms with Crippen LogP contribution in [0.4, 0.5) is 5.95 Å². The summed E-state index contributed by atoms with van der Waals surface area (Å²) in [5, 5.41) is 15.4. The van der Waals surface area contributed by atoms with Crippen LogP contribution in [0, 0.1) is 0 Å². The SMILES string of the molecule is Cn1c(-c2ccn[nH]2)nnc1N1CCC(N2CCCS2(=O)=O)CC1. The Morgan fingerprint density at radius 1 is 1.21 bits per heavy atom. The van der Waals surface area contributed by atoms with E-state index in [-0.39, 0.29) is 6.04 Å². The van der Waals surface area contributed by atoms with E-state index in [1.165, 1.54) is 0 Å². The summed E-state index contributed by atoms with van der Waals surface area (Å²) in [6.45, 7) is 2.23. The van der Waals surface area contributed by atoms with Gasteiger partial charge >= 0.3 is 0 Å². The Kier molecular flexibility index (Phi) is 3.80. The summed E-state index contributed by atoms with van der Waals surface area (Å²) < 4.78 is 27.8. The first-order valence-corrected chi connectivity index (χ1v) is 9.81. The molecule has 10 heteroatoms. The van der Waals surface area contributed by atoms with Gasteiger partial charge in [-0.3, -0.25) is 9.67 Å². The molecule has 0 aromatic carbocycles. The predicted octanol–water partition coefficient (Wildman–Crippen LogP) is 0.210. The van der Waals surface area contributed by atoms with Crippen molar-refractivity contribution in [3.05, 3.63) is 12.3 Å². The van der Waals surface area contributed by atoms with E-state index in [9.17, 15) is 8.42 Å². The maximum absolute atomic E-state index is 12.1. The van der Waals surface area contributed by atoms with Gasteiger partial charge in [-0.05, 0) is 25.3 Å². The molecule has 0 bridgehead atoms. The molecule has 24 heavy (non-hydrogen) atoms. The first kappa shape index (κ1) is 15.6. The molecule has 0 radical (unpaired) electrons. The van der Waals surface area contributed by atoms with Crippen molar-refractivity contribution < 1.29 is 8.42 Å². The highest BCUT2D eigenvalue weighted by molar-refractivity contribution is 7.89. The monoisotopic (exact) mass is 351 g/mol. The number of aromatic nitrogens is 5. The maximum atomic E-state index is 12.1. The molecule has 4 heterocycles. The van der Waals surface area contributed by atoms with Gasteiger partial charge in [0, 0.05) is 38.9 Å². The first-order valence-electron chi connectivity index (χ1n) is 8.20. The van der Waals surface area contributed by atoms with Crippen LogP contribution in [-0.4, -0.2) is 69.1 Å². The van der Waals surface area contributed by atoms with Crippen LogP contribution in [0.15, 0.2) is 12.3 Å². The lowest BCUT2D eigenvalue weighted by atomic mass is 10.1. The molecule has 2 saturated heterocycles. The van der Waals surface area contributed by atoms with Crippen LogP contribution in [0.25, 0.3) is 11.5 Å². The number of nitrogens with one attached hydrogen (secondary N) is 1. The van der Waals surface area contributed by atoms with E-state index in [0.29, 0.717) is 12.3 Å². The van der Waals surface area contributed by atoms with E-state index in [4.69, 9.17) is 0 Å². The normalized spacial score (nSPS) is 22.3. The number of aromatic amines is 1. The number of hydrogen-bond acceptors (Lipinski definition) is 6. The van der Waals surface area contributed by atoms with Gasteiger partial charge in [0.25, 0.3) is 0 Å². The Bertz CT molecular complexity index is 806. The Labute approximate surface area is 140 Å². The molecule has 130 valence electrons. The molecule has 0 amide bonds. The summed E-state index contributed by atoms with van der Waals surface area (Å²) in [5.41, 5.74) is 0.828. The average Bonchev–Trinajstić information content (AvgIpc) is 3.27. The van der Waals surface area contributed by atoms with Crippen LogP contribution < -0.4 is 4.90 Å². The van der Waals surface area contributed by atoms with Crippen LogP contribution in [0.1, 0.15) is 19.3 Å². The van der Waals surface area contributed by atoms with Crippen LogP contribution in [-0.2, 0) is 17.1 Å². The Morgan fingerprint density at radius 3 is 2.62 bits per heavy atom. The highest BCUT2D eigenvalue weighted by Crippen LogP contribution is 2.27. The van der Waals surface area contributed by atoms with Gasteiger partial charge in [-0.2, -0.15) is 9.40 Å². The summed E-state index contributed by atoms with van der Waals surface area (Å²) in [5.74, 6) is 1.85.